The van der Waals surface area contributed by atoms with Gasteiger partial charge in [0.05, 0.1) is 25.0 Å². The fourth-order valence-corrected chi connectivity index (χ4v) is 3.96. The number of thioether (sulfide) groups is 1. The highest BCUT2D eigenvalue weighted by Crippen LogP contribution is 2.36. The van der Waals surface area contributed by atoms with Gasteiger partial charge in [0.15, 0.2) is 0 Å². The molecule has 0 fully saturated rings. The summed E-state index contributed by atoms with van der Waals surface area (Å²) < 4.78 is 0. The van der Waals surface area contributed by atoms with Gasteiger partial charge in [0.1, 0.15) is 6.54 Å². The van der Waals surface area contributed by atoms with Crippen molar-refractivity contribution in [2.75, 3.05) is 19.4 Å². The Hall–Kier alpha value is -2.31. The second-order valence-electron chi connectivity index (χ2n) is 6.77. The summed E-state index contributed by atoms with van der Waals surface area (Å²) in [6.45, 7) is 1.45. The molecule has 26 heavy (non-hydrogen) atoms. The lowest BCUT2D eigenvalue weighted by atomic mass is 10.1. The van der Waals surface area contributed by atoms with Crippen LogP contribution >= 0.6 is 11.8 Å². The van der Waals surface area contributed by atoms with E-state index in [1.54, 1.807) is 0 Å². The van der Waals surface area contributed by atoms with Crippen LogP contribution < -0.4 is 15.5 Å². The van der Waals surface area contributed by atoms with Crippen LogP contribution in [0.5, 0.6) is 0 Å². The summed E-state index contributed by atoms with van der Waals surface area (Å²) in [6, 6.07) is 15.9. The van der Waals surface area contributed by atoms with E-state index >= 15 is 0 Å². The molecule has 6 heteroatoms. The van der Waals surface area contributed by atoms with Crippen molar-refractivity contribution in [3.8, 4) is 0 Å². The Kier molecular flexibility index (Phi) is 5.96. The van der Waals surface area contributed by atoms with Crippen molar-refractivity contribution in [1.82, 2.24) is 5.32 Å². The Morgan fingerprint density at radius 1 is 1.12 bits per heavy atom. The highest BCUT2D eigenvalue weighted by atomic mass is 32.2. The molecule has 3 rings (SSSR count). The Balaban J connectivity index is 1.51. The number of fused-ring (bicyclic) bond motifs is 1. The third-order valence-corrected chi connectivity index (χ3v) is 5.42. The molecule has 2 aromatic rings. The molecule has 136 valence electrons. The highest BCUT2D eigenvalue weighted by molar-refractivity contribution is 8.01. The molecule has 0 saturated heterocycles. The summed E-state index contributed by atoms with van der Waals surface area (Å²) in [5, 5.41) is 5.39. The zero-order valence-corrected chi connectivity index (χ0v) is 15.9. The summed E-state index contributed by atoms with van der Waals surface area (Å²) in [7, 11) is 4.23. The fraction of sp³-hybridized carbons (Fsp3) is 0.300. The molecule has 1 heterocycles. The molecule has 0 bridgehead atoms. The zero-order chi connectivity index (χ0) is 18.5. The maximum absolute atomic E-state index is 12.2. The number of para-hydroxylation sites is 1. The lowest BCUT2D eigenvalue weighted by Crippen LogP contribution is -3.04. The van der Waals surface area contributed by atoms with E-state index in [2.05, 4.69) is 36.9 Å². The van der Waals surface area contributed by atoms with E-state index in [0.29, 0.717) is 6.54 Å². The lowest BCUT2D eigenvalue weighted by Gasteiger charge is -2.23. The van der Waals surface area contributed by atoms with E-state index in [0.717, 1.165) is 22.7 Å². The monoisotopic (exact) mass is 370 g/mol. The minimum absolute atomic E-state index is 0.112. The largest absolute Gasteiger partial charge is 0.352 e. The van der Waals surface area contributed by atoms with Crippen molar-refractivity contribution in [3.05, 3.63) is 59.7 Å². The first-order valence-corrected chi connectivity index (χ1v) is 9.59. The predicted molar refractivity (Wildman–Crippen MR) is 104 cm³/mol. The fourth-order valence-electron chi connectivity index (χ4n) is 2.85. The van der Waals surface area contributed by atoms with Crippen LogP contribution in [-0.4, -0.2) is 31.2 Å². The van der Waals surface area contributed by atoms with Crippen molar-refractivity contribution in [2.24, 2.45) is 0 Å². The van der Waals surface area contributed by atoms with Crippen molar-refractivity contribution in [3.63, 3.8) is 0 Å². The first-order valence-electron chi connectivity index (χ1n) is 8.71. The molecule has 0 saturated carbocycles. The molecular weight excluding hydrogens is 346 g/mol. The van der Waals surface area contributed by atoms with E-state index in [1.165, 1.54) is 22.2 Å². The summed E-state index contributed by atoms with van der Waals surface area (Å²) >= 11 is 1.45. The zero-order valence-electron chi connectivity index (χ0n) is 15.0. The highest BCUT2D eigenvalue weighted by Gasteiger charge is 2.28. The SMILES string of the molecule is C[NH+](C)Cc1ccc(CNC(=O)C[C@H]2Sc3ccccc3NC2=O)cc1. The average Bonchev–Trinajstić information content (AvgIpc) is 2.61. The maximum atomic E-state index is 12.2. The van der Waals surface area contributed by atoms with Crippen molar-refractivity contribution < 1.29 is 14.5 Å². The molecule has 0 radical (unpaired) electrons. The number of amides is 2. The van der Waals surface area contributed by atoms with Crippen molar-refractivity contribution >= 4 is 29.3 Å². The summed E-state index contributed by atoms with van der Waals surface area (Å²) in [5.74, 6) is -0.224. The smallest absolute Gasteiger partial charge is 0.238 e. The Morgan fingerprint density at radius 3 is 2.54 bits per heavy atom. The molecule has 1 aliphatic heterocycles. The second kappa shape index (κ2) is 8.38. The summed E-state index contributed by atoms with van der Waals surface area (Å²) in [5.41, 5.74) is 3.15. The predicted octanol–water partition coefficient (Wildman–Crippen LogP) is 1.45. The topological polar surface area (TPSA) is 62.6 Å². The third kappa shape index (κ3) is 4.86. The molecule has 3 N–H and O–H groups in total. The first kappa shape index (κ1) is 18.5. The molecule has 5 nitrogen and oxygen atoms in total. The molecular formula is C20H24N3O2S+. The molecule has 2 amide bonds. The van der Waals surface area contributed by atoms with Gasteiger partial charge in [-0.2, -0.15) is 0 Å². The molecule has 0 unspecified atom stereocenters. The minimum atomic E-state index is -0.393. The second-order valence-corrected chi connectivity index (χ2v) is 8.02. The van der Waals surface area contributed by atoms with Gasteiger partial charge in [-0.3, -0.25) is 9.59 Å². The average molecular weight is 370 g/mol. The number of anilines is 1. The number of hydrogen-bond acceptors (Lipinski definition) is 3. The van der Waals surface area contributed by atoms with Gasteiger partial charge in [0.25, 0.3) is 0 Å². The number of nitrogens with one attached hydrogen (secondary N) is 3. The van der Waals surface area contributed by atoms with Gasteiger partial charge in [-0.05, 0) is 17.7 Å². The van der Waals surface area contributed by atoms with Crippen LogP contribution in [0.2, 0.25) is 0 Å². The van der Waals surface area contributed by atoms with Crippen LogP contribution in [0.25, 0.3) is 0 Å². The number of carbonyl (C=O) groups is 2. The van der Waals surface area contributed by atoms with E-state index in [-0.39, 0.29) is 18.2 Å². The van der Waals surface area contributed by atoms with E-state index in [1.807, 2.05) is 36.4 Å². The number of carbonyl (C=O) groups excluding carboxylic acids is 2. The Bertz CT molecular complexity index is 790. The van der Waals surface area contributed by atoms with Gasteiger partial charge >= 0.3 is 0 Å². The van der Waals surface area contributed by atoms with Crippen LogP contribution in [0.4, 0.5) is 5.69 Å². The molecule has 0 spiro atoms. The minimum Gasteiger partial charge on any atom is -0.352 e. The normalized spacial score (nSPS) is 16.1. The van der Waals surface area contributed by atoms with Crippen LogP contribution in [0, 0.1) is 0 Å². The lowest BCUT2D eigenvalue weighted by molar-refractivity contribution is -0.872. The van der Waals surface area contributed by atoms with Gasteiger partial charge in [-0.25, -0.2) is 0 Å². The first-order chi connectivity index (χ1) is 12.5. The van der Waals surface area contributed by atoms with Gasteiger partial charge < -0.3 is 15.5 Å². The van der Waals surface area contributed by atoms with Crippen molar-refractivity contribution in [1.29, 1.82) is 0 Å². The quantitative estimate of drug-likeness (QED) is 0.721. The van der Waals surface area contributed by atoms with E-state index in [4.69, 9.17) is 0 Å². The number of benzene rings is 2. The summed E-state index contributed by atoms with van der Waals surface area (Å²) in [4.78, 5) is 26.8. The number of quaternary nitrogens is 1. The van der Waals surface area contributed by atoms with Crippen molar-refractivity contribution in [2.45, 2.75) is 29.7 Å². The molecule has 1 aliphatic rings. The molecule has 0 aliphatic carbocycles. The van der Waals surface area contributed by atoms with Crippen LogP contribution in [0.1, 0.15) is 17.5 Å². The standard InChI is InChI=1S/C20H23N3O2S/c1-23(2)13-15-9-7-14(8-10-15)12-21-19(24)11-18-20(25)22-16-5-3-4-6-17(16)26-18/h3-10,18H,11-13H2,1-2H3,(H,21,24)(H,22,25)/p+1/t18-/m1/s1. The Morgan fingerprint density at radius 2 is 1.81 bits per heavy atom. The van der Waals surface area contributed by atoms with Crippen LogP contribution in [0.3, 0.4) is 0 Å². The van der Waals surface area contributed by atoms with E-state index in [9.17, 15) is 9.59 Å². The number of rotatable bonds is 6. The van der Waals surface area contributed by atoms with Crippen LogP contribution in [0.15, 0.2) is 53.4 Å². The van der Waals surface area contributed by atoms with E-state index < -0.39 is 5.25 Å². The summed E-state index contributed by atoms with van der Waals surface area (Å²) in [6.07, 6.45) is 0.174. The van der Waals surface area contributed by atoms with Crippen LogP contribution in [-0.2, 0) is 22.7 Å². The number of hydrogen-bond donors (Lipinski definition) is 3. The van der Waals surface area contributed by atoms with Gasteiger partial charge in [-0.15, -0.1) is 11.8 Å². The molecule has 0 aromatic heterocycles. The molecule has 1 atom stereocenters. The third-order valence-electron chi connectivity index (χ3n) is 4.15. The maximum Gasteiger partial charge on any atom is 0.238 e. The molecule has 2 aromatic carbocycles. The van der Waals surface area contributed by atoms with Gasteiger partial charge in [0, 0.05) is 23.4 Å². The van der Waals surface area contributed by atoms with Gasteiger partial charge in [-0.1, -0.05) is 36.4 Å². The Labute approximate surface area is 158 Å². The van der Waals surface area contributed by atoms with Gasteiger partial charge in [0.2, 0.25) is 11.8 Å².